The van der Waals surface area contributed by atoms with Crippen LogP contribution in [0.4, 0.5) is 4.79 Å². The second kappa shape index (κ2) is 10.0. The van der Waals surface area contributed by atoms with Crippen molar-refractivity contribution < 1.29 is 4.79 Å². The minimum absolute atomic E-state index is 0.000744. The van der Waals surface area contributed by atoms with E-state index in [1.807, 2.05) is 23.1 Å². The Morgan fingerprint density at radius 1 is 1.19 bits per heavy atom. The molecule has 0 saturated carbocycles. The highest BCUT2D eigenvalue weighted by molar-refractivity contribution is 5.76. The average Bonchev–Trinajstić information content (AvgIpc) is 2.47. The Balaban J connectivity index is 2.51. The first-order valence-corrected chi connectivity index (χ1v) is 7.96. The monoisotopic (exact) mass is 288 g/mol. The van der Waals surface area contributed by atoms with Gasteiger partial charge in [0.1, 0.15) is 0 Å². The van der Waals surface area contributed by atoms with Gasteiger partial charge in [0, 0.05) is 19.3 Å². The zero-order valence-corrected chi connectivity index (χ0v) is 13.6. The van der Waals surface area contributed by atoms with Crippen LogP contribution in [0.15, 0.2) is 30.5 Å². The van der Waals surface area contributed by atoms with Gasteiger partial charge in [-0.25, -0.2) is 4.79 Å². The van der Waals surface area contributed by atoms with Crippen molar-refractivity contribution in [2.24, 2.45) is 0 Å². The smallest absolute Gasteiger partial charge is 0.321 e. The number of nitrogens with one attached hydrogen (secondary N) is 1. The van der Waals surface area contributed by atoms with Crippen molar-refractivity contribution in [2.45, 2.75) is 46.5 Å². The highest BCUT2D eigenvalue weighted by atomic mass is 16.2. The van der Waals surface area contributed by atoms with Crippen molar-refractivity contribution in [3.8, 4) is 0 Å². The summed E-state index contributed by atoms with van der Waals surface area (Å²) in [5, 5.41) is 2.87. The third-order valence-electron chi connectivity index (χ3n) is 3.38. The molecule has 1 N–H and O–H groups in total. The highest BCUT2D eigenvalue weighted by Gasteiger charge is 2.10. The molecule has 0 atom stereocenters. The molecule has 1 rings (SSSR count). The van der Waals surface area contributed by atoms with Gasteiger partial charge in [-0.15, -0.1) is 0 Å². The maximum atomic E-state index is 12.2. The van der Waals surface area contributed by atoms with Crippen LogP contribution < -0.4 is 5.32 Å². The topological polar surface area (TPSA) is 32.3 Å². The predicted octanol–water partition coefficient (Wildman–Crippen LogP) is 4.58. The number of aryl methyl sites for hydroxylation is 1. The van der Waals surface area contributed by atoms with Crippen LogP contribution >= 0.6 is 0 Å². The Hall–Kier alpha value is -1.77. The van der Waals surface area contributed by atoms with E-state index in [0.29, 0.717) is 0 Å². The molecular formula is C18H28N2O. The van der Waals surface area contributed by atoms with Gasteiger partial charge in [0.25, 0.3) is 0 Å². The Bertz CT molecular complexity index is 446. The average molecular weight is 288 g/mol. The van der Waals surface area contributed by atoms with Gasteiger partial charge in [-0.3, -0.25) is 0 Å². The lowest BCUT2D eigenvalue weighted by Gasteiger charge is -2.21. The lowest BCUT2D eigenvalue weighted by atomic mass is 10.1. The number of nitrogens with zero attached hydrogens (tertiary/aromatic N) is 1. The Labute approximate surface area is 129 Å². The van der Waals surface area contributed by atoms with Gasteiger partial charge in [-0.05, 0) is 31.4 Å². The number of carbonyl (C=O) groups excluding carboxylic acids is 1. The normalized spacial score (nSPS) is 10.8. The molecule has 1 aromatic rings. The van der Waals surface area contributed by atoms with Crippen molar-refractivity contribution in [3.05, 3.63) is 41.6 Å². The summed E-state index contributed by atoms with van der Waals surface area (Å²) in [5.41, 5.74) is 2.32. The van der Waals surface area contributed by atoms with Crippen molar-refractivity contribution in [1.82, 2.24) is 10.2 Å². The molecule has 0 unspecified atom stereocenters. The maximum absolute atomic E-state index is 12.2. The molecule has 3 heteroatoms. The number of carbonyl (C=O) groups is 1. The second-order valence-electron chi connectivity index (χ2n) is 5.39. The van der Waals surface area contributed by atoms with E-state index in [2.05, 4.69) is 38.2 Å². The van der Waals surface area contributed by atoms with Crippen LogP contribution in [-0.2, 0) is 0 Å². The SMILES string of the molecule is CCCCN(CCCC)C(=O)N/C=C/c1cccc(C)c1. The summed E-state index contributed by atoms with van der Waals surface area (Å²) in [6.45, 7) is 8.02. The molecule has 0 spiro atoms. The fraction of sp³-hybridized carbons (Fsp3) is 0.500. The van der Waals surface area contributed by atoms with Gasteiger partial charge in [-0.2, -0.15) is 0 Å². The molecule has 1 aromatic carbocycles. The van der Waals surface area contributed by atoms with Gasteiger partial charge in [0.15, 0.2) is 0 Å². The van der Waals surface area contributed by atoms with Crippen LogP contribution in [0.5, 0.6) is 0 Å². The van der Waals surface area contributed by atoms with Gasteiger partial charge in [0.05, 0.1) is 0 Å². The number of urea groups is 1. The minimum atomic E-state index is 0.000744. The lowest BCUT2D eigenvalue weighted by Crippen LogP contribution is -2.38. The summed E-state index contributed by atoms with van der Waals surface area (Å²) in [7, 11) is 0. The molecular weight excluding hydrogens is 260 g/mol. The number of rotatable bonds is 8. The molecule has 0 bridgehead atoms. The molecule has 0 heterocycles. The number of unbranched alkanes of at least 4 members (excludes halogenated alkanes) is 2. The molecule has 0 fully saturated rings. The van der Waals surface area contributed by atoms with Crippen molar-refractivity contribution in [3.63, 3.8) is 0 Å². The Kier molecular flexibility index (Phi) is 8.25. The molecule has 0 radical (unpaired) electrons. The summed E-state index contributed by atoms with van der Waals surface area (Å²) < 4.78 is 0. The number of hydrogen-bond donors (Lipinski definition) is 1. The first kappa shape index (κ1) is 17.3. The molecule has 0 aliphatic carbocycles. The molecule has 21 heavy (non-hydrogen) atoms. The quantitative estimate of drug-likeness (QED) is 0.746. The van der Waals surface area contributed by atoms with Crippen LogP contribution in [0.3, 0.4) is 0 Å². The first-order chi connectivity index (χ1) is 10.2. The van der Waals surface area contributed by atoms with E-state index in [4.69, 9.17) is 0 Å². The maximum Gasteiger partial charge on any atom is 0.321 e. The second-order valence-corrected chi connectivity index (χ2v) is 5.39. The molecule has 0 aliphatic rings. The minimum Gasteiger partial charge on any atom is -0.325 e. The van der Waals surface area contributed by atoms with Gasteiger partial charge >= 0.3 is 6.03 Å². The van der Waals surface area contributed by atoms with E-state index in [9.17, 15) is 4.79 Å². The fourth-order valence-corrected chi connectivity index (χ4v) is 2.09. The van der Waals surface area contributed by atoms with E-state index < -0.39 is 0 Å². The zero-order chi connectivity index (χ0) is 15.5. The lowest BCUT2D eigenvalue weighted by molar-refractivity contribution is 0.200. The van der Waals surface area contributed by atoms with Gasteiger partial charge in [-0.1, -0.05) is 56.5 Å². The number of amides is 2. The van der Waals surface area contributed by atoms with Gasteiger partial charge < -0.3 is 10.2 Å². The van der Waals surface area contributed by atoms with Crippen LogP contribution in [0.1, 0.15) is 50.7 Å². The van der Waals surface area contributed by atoms with E-state index in [1.165, 1.54) is 5.56 Å². The highest BCUT2D eigenvalue weighted by Crippen LogP contribution is 2.05. The van der Waals surface area contributed by atoms with Crippen molar-refractivity contribution >= 4 is 12.1 Å². The fourth-order valence-electron chi connectivity index (χ4n) is 2.09. The third-order valence-corrected chi connectivity index (χ3v) is 3.38. The summed E-state index contributed by atoms with van der Waals surface area (Å²) in [6, 6.07) is 8.20. The molecule has 116 valence electrons. The Morgan fingerprint density at radius 2 is 1.86 bits per heavy atom. The summed E-state index contributed by atoms with van der Waals surface area (Å²) in [4.78, 5) is 14.1. The molecule has 0 aromatic heterocycles. The molecule has 3 nitrogen and oxygen atoms in total. The van der Waals surface area contributed by atoms with E-state index in [1.54, 1.807) is 6.20 Å². The largest absolute Gasteiger partial charge is 0.325 e. The van der Waals surface area contributed by atoms with Crippen LogP contribution in [0, 0.1) is 6.92 Å². The van der Waals surface area contributed by atoms with E-state index in [0.717, 1.165) is 44.3 Å². The summed E-state index contributed by atoms with van der Waals surface area (Å²) >= 11 is 0. The third kappa shape index (κ3) is 6.98. The molecule has 0 aliphatic heterocycles. The van der Waals surface area contributed by atoms with E-state index in [-0.39, 0.29) is 6.03 Å². The number of benzene rings is 1. The first-order valence-electron chi connectivity index (χ1n) is 7.96. The zero-order valence-electron chi connectivity index (χ0n) is 13.6. The van der Waals surface area contributed by atoms with Gasteiger partial charge in [0.2, 0.25) is 0 Å². The van der Waals surface area contributed by atoms with Crippen LogP contribution in [0.25, 0.3) is 6.08 Å². The standard InChI is InChI=1S/C18H28N2O/c1-4-6-13-20(14-7-5-2)18(21)19-12-11-17-10-8-9-16(3)15-17/h8-12,15H,4-7,13-14H2,1-3H3,(H,19,21)/b12-11+. The summed E-state index contributed by atoms with van der Waals surface area (Å²) in [5.74, 6) is 0. The molecule has 0 saturated heterocycles. The Morgan fingerprint density at radius 3 is 2.43 bits per heavy atom. The van der Waals surface area contributed by atoms with Crippen molar-refractivity contribution in [2.75, 3.05) is 13.1 Å². The summed E-state index contributed by atoms with van der Waals surface area (Å²) in [6.07, 6.45) is 7.99. The van der Waals surface area contributed by atoms with Crippen LogP contribution in [-0.4, -0.2) is 24.0 Å². The molecule has 2 amide bonds. The van der Waals surface area contributed by atoms with Crippen molar-refractivity contribution in [1.29, 1.82) is 0 Å². The predicted molar refractivity (Wildman–Crippen MR) is 90.1 cm³/mol. The van der Waals surface area contributed by atoms with Crippen LogP contribution in [0.2, 0.25) is 0 Å². The number of hydrogen-bond acceptors (Lipinski definition) is 1. The van der Waals surface area contributed by atoms with E-state index >= 15 is 0 Å².